The van der Waals surface area contributed by atoms with Gasteiger partial charge < -0.3 is 4.90 Å². The van der Waals surface area contributed by atoms with Crippen molar-refractivity contribution in [3.63, 3.8) is 0 Å². The SMILES string of the molecule is CC1(C)c2ccccc2-c2ccc(N(c3ccc(-c4ccccc4)cc3)c3ccc(-c4cccc(-n5c6ccccc6n6c7ccccc7nc56)c4)cc3)cc21. The van der Waals surface area contributed by atoms with E-state index in [0.29, 0.717) is 0 Å². The van der Waals surface area contributed by atoms with E-state index in [1.807, 2.05) is 0 Å². The third kappa shape index (κ3) is 4.96. The summed E-state index contributed by atoms with van der Waals surface area (Å²) in [6.45, 7) is 4.69. The van der Waals surface area contributed by atoms with E-state index in [4.69, 9.17) is 4.98 Å². The van der Waals surface area contributed by atoms with Crippen LogP contribution >= 0.6 is 0 Å². The lowest BCUT2D eigenvalue weighted by Gasteiger charge is -2.28. The summed E-state index contributed by atoms with van der Waals surface area (Å²) in [5.41, 5.74) is 18.8. The van der Waals surface area contributed by atoms with Gasteiger partial charge in [0, 0.05) is 28.2 Å². The number of aromatic nitrogens is 3. The second kappa shape index (κ2) is 12.4. The van der Waals surface area contributed by atoms with Crippen LogP contribution in [0.25, 0.3) is 66.9 Å². The van der Waals surface area contributed by atoms with Gasteiger partial charge in [-0.1, -0.05) is 135 Å². The van der Waals surface area contributed by atoms with Gasteiger partial charge in [0.05, 0.1) is 22.1 Å². The van der Waals surface area contributed by atoms with Crippen molar-refractivity contribution in [1.82, 2.24) is 14.0 Å². The Morgan fingerprint density at radius 3 is 1.77 bits per heavy atom. The highest BCUT2D eigenvalue weighted by atomic mass is 15.2. The maximum atomic E-state index is 5.10. The second-order valence-corrected chi connectivity index (χ2v) is 15.3. The van der Waals surface area contributed by atoms with Crippen LogP contribution in [-0.4, -0.2) is 14.0 Å². The van der Waals surface area contributed by atoms with Crippen molar-refractivity contribution in [2.45, 2.75) is 19.3 Å². The molecule has 10 aromatic rings. The average molecular weight is 719 g/mol. The van der Waals surface area contributed by atoms with Gasteiger partial charge in [0.15, 0.2) is 0 Å². The molecule has 11 rings (SSSR count). The molecule has 0 N–H and O–H groups in total. The van der Waals surface area contributed by atoms with Crippen molar-refractivity contribution in [1.29, 1.82) is 0 Å². The van der Waals surface area contributed by atoms with Gasteiger partial charge in [-0.2, -0.15) is 0 Å². The molecule has 0 amide bonds. The zero-order valence-electron chi connectivity index (χ0n) is 31.3. The third-order valence-electron chi connectivity index (χ3n) is 11.7. The minimum Gasteiger partial charge on any atom is -0.310 e. The molecular weight excluding hydrogens is 681 g/mol. The summed E-state index contributed by atoms with van der Waals surface area (Å²) in [5.74, 6) is 0.912. The minimum absolute atomic E-state index is 0.0978. The zero-order chi connectivity index (χ0) is 37.4. The molecule has 0 fully saturated rings. The van der Waals surface area contributed by atoms with Gasteiger partial charge in [-0.3, -0.25) is 8.97 Å². The normalized spacial score (nSPS) is 13.0. The summed E-state index contributed by atoms with van der Waals surface area (Å²) in [5, 5.41) is 0. The Balaban J connectivity index is 1.00. The van der Waals surface area contributed by atoms with E-state index in [2.05, 4.69) is 222 Å². The van der Waals surface area contributed by atoms with Crippen molar-refractivity contribution in [2.75, 3.05) is 4.90 Å². The Bertz CT molecular complexity index is 3090. The molecule has 8 aromatic carbocycles. The first-order valence-electron chi connectivity index (χ1n) is 19.3. The Hall–Kier alpha value is -7.17. The van der Waals surface area contributed by atoms with Crippen LogP contribution in [-0.2, 0) is 5.41 Å². The van der Waals surface area contributed by atoms with Gasteiger partial charge in [-0.05, 0) is 117 Å². The summed E-state index contributed by atoms with van der Waals surface area (Å²) >= 11 is 0. The molecule has 2 aromatic heterocycles. The molecular formula is C52H38N4. The van der Waals surface area contributed by atoms with E-state index in [1.165, 1.54) is 33.4 Å². The zero-order valence-corrected chi connectivity index (χ0v) is 31.3. The fourth-order valence-electron chi connectivity index (χ4n) is 8.95. The molecule has 1 aliphatic rings. The highest BCUT2D eigenvalue weighted by Gasteiger charge is 2.35. The lowest BCUT2D eigenvalue weighted by Crippen LogP contribution is -2.16. The first-order chi connectivity index (χ1) is 27.5. The Labute approximate surface area is 326 Å². The Morgan fingerprint density at radius 2 is 1.00 bits per heavy atom. The predicted octanol–water partition coefficient (Wildman–Crippen LogP) is 13.5. The molecule has 0 saturated carbocycles. The van der Waals surface area contributed by atoms with Crippen molar-refractivity contribution < 1.29 is 0 Å². The van der Waals surface area contributed by atoms with Gasteiger partial charge in [0.2, 0.25) is 5.78 Å². The number of benzene rings is 8. The number of hydrogen-bond acceptors (Lipinski definition) is 2. The van der Waals surface area contributed by atoms with Crippen molar-refractivity contribution in [3.8, 4) is 39.1 Å². The maximum Gasteiger partial charge on any atom is 0.220 e. The Morgan fingerprint density at radius 1 is 0.429 bits per heavy atom. The predicted molar refractivity (Wildman–Crippen MR) is 233 cm³/mol. The molecule has 0 saturated heterocycles. The number of para-hydroxylation sites is 4. The van der Waals surface area contributed by atoms with Crippen molar-refractivity contribution in [2.24, 2.45) is 0 Å². The standard InChI is InChI=1S/C52H38N4/c1-52(2)45-18-7-6-17-43(45)44-32-31-42(34-46(44)52)54(39-27-23-36(24-28-39)35-13-4-3-5-14-35)40-29-25-37(26-30-40)38-15-12-16-41(33-38)55-49-21-10-11-22-50(49)56-48-20-9-8-19-47(48)53-51(55)56/h3-34H,1-2H3. The smallest absolute Gasteiger partial charge is 0.220 e. The number of nitrogens with zero attached hydrogens (tertiary/aromatic N) is 4. The number of fused-ring (bicyclic) bond motifs is 8. The van der Waals surface area contributed by atoms with Crippen LogP contribution in [0, 0.1) is 0 Å². The summed E-state index contributed by atoms with van der Waals surface area (Å²) in [6.07, 6.45) is 0. The topological polar surface area (TPSA) is 25.5 Å². The Kier molecular flexibility index (Phi) is 7.17. The van der Waals surface area contributed by atoms with E-state index in [1.54, 1.807) is 0 Å². The van der Waals surface area contributed by atoms with Crippen molar-refractivity contribution >= 4 is 44.9 Å². The second-order valence-electron chi connectivity index (χ2n) is 15.3. The largest absolute Gasteiger partial charge is 0.310 e. The monoisotopic (exact) mass is 718 g/mol. The molecule has 4 nitrogen and oxygen atoms in total. The molecule has 266 valence electrons. The highest BCUT2D eigenvalue weighted by molar-refractivity contribution is 5.92. The van der Waals surface area contributed by atoms with Crippen LogP contribution < -0.4 is 4.90 Å². The highest BCUT2D eigenvalue weighted by Crippen LogP contribution is 2.50. The molecule has 0 radical (unpaired) electrons. The lowest BCUT2D eigenvalue weighted by molar-refractivity contribution is 0.660. The molecule has 1 aliphatic carbocycles. The first-order valence-corrected chi connectivity index (χ1v) is 19.3. The van der Waals surface area contributed by atoms with Gasteiger partial charge in [-0.15, -0.1) is 0 Å². The summed E-state index contributed by atoms with van der Waals surface area (Å²) in [6, 6.07) is 70.1. The quantitative estimate of drug-likeness (QED) is 0.171. The lowest BCUT2D eigenvalue weighted by atomic mass is 9.82. The first kappa shape index (κ1) is 32.3. The van der Waals surface area contributed by atoms with Gasteiger partial charge >= 0.3 is 0 Å². The van der Waals surface area contributed by atoms with Crippen LogP contribution in [0.4, 0.5) is 17.1 Å². The van der Waals surface area contributed by atoms with Gasteiger partial charge in [0.25, 0.3) is 0 Å². The van der Waals surface area contributed by atoms with Crippen LogP contribution in [0.1, 0.15) is 25.0 Å². The fourth-order valence-corrected chi connectivity index (χ4v) is 8.95. The van der Waals surface area contributed by atoms with Gasteiger partial charge in [0.1, 0.15) is 0 Å². The fraction of sp³-hybridized carbons (Fsp3) is 0.0577. The number of rotatable bonds is 6. The molecule has 0 unspecified atom stereocenters. The van der Waals surface area contributed by atoms with Crippen molar-refractivity contribution in [3.05, 3.63) is 205 Å². The van der Waals surface area contributed by atoms with Crippen LogP contribution in [0.2, 0.25) is 0 Å². The number of anilines is 3. The molecule has 0 aliphatic heterocycles. The van der Waals surface area contributed by atoms with Crippen LogP contribution in [0.3, 0.4) is 0 Å². The van der Waals surface area contributed by atoms with E-state index in [-0.39, 0.29) is 5.41 Å². The summed E-state index contributed by atoms with van der Waals surface area (Å²) < 4.78 is 4.55. The molecule has 4 heteroatoms. The maximum absolute atomic E-state index is 5.10. The summed E-state index contributed by atoms with van der Waals surface area (Å²) in [7, 11) is 0. The molecule has 56 heavy (non-hydrogen) atoms. The van der Waals surface area contributed by atoms with E-state index >= 15 is 0 Å². The van der Waals surface area contributed by atoms with Gasteiger partial charge in [-0.25, -0.2) is 4.98 Å². The molecule has 0 bridgehead atoms. The molecule has 0 spiro atoms. The molecule has 2 heterocycles. The number of imidazole rings is 2. The third-order valence-corrected chi connectivity index (χ3v) is 11.7. The van der Waals surface area contributed by atoms with E-state index in [0.717, 1.165) is 61.7 Å². The molecule has 0 atom stereocenters. The van der Waals surface area contributed by atoms with Crippen LogP contribution in [0.5, 0.6) is 0 Å². The minimum atomic E-state index is -0.0978. The average Bonchev–Trinajstić information content (AvgIpc) is 3.86. The van der Waals surface area contributed by atoms with E-state index < -0.39 is 0 Å². The number of hydrogen-bond donors (Lipinski definition) is 0. The van der Waals surface area contributed by atoms with E-state index in [9.17, 15) is 0 Å². The summed E-state index contributed by atoms with van der Waals surface area (Å²) in [4.78, 5) is 7.49. The van der Waals surface area contributed by atoms with Crippen LogP contribution in [0.15, 0.2) is 194 Å².